The molecule has 13 heteroatoms. The van der Waals surface area contributed by atoms with Crippen LogP contribution < -0.4 is 0 Å². The minimum absolute atomic E-state index is 0.000880. The van der Waals surface area contributed by atoms with Gasteiger partial charge in [0.25, 0.3) is 0 Å². The Morgan fingerprint density at radius 1 is 0.919 bits per heavy atom. The molecule has 2 heterocycles. The van der Waals surface area contributed by atoms with Crippen LogP contribution in [0.3, 0.4) is 0 Å². The Balaban J connectivity index is 1.83. The lowest BCUT2D eigenvalue weighted by Gasteiger charge is -2.13. The molecule has 0 saturated heterocycles. The van der Waals surface area contributed by atoms with E-state index in [4.69, 9.17) is 23.2 Å². The normalized spacial score (nSPS) is 12.5. The van der Waals surface area contributed by atoms with Crippen LogP contribution in [-0.4, -0.2) is 20.0 Å². The number of hydrogen-bond donors (Lipinski definition) is 0. The van der Waals surface area contributed by atoms with Gasteiger partial charge in [-0.25, -0.2) is 9.67 Å². The van der Waals surface area contributed by atoms with Gasteiger partial charge in [0.2, 0.25) is 5.13 Å². The zero-order chi connectivity index (χ0) is 27.3. The van der Waals surface area contributed by atoms with Gasteiger partial charge in [-0.3, -0.25) is 0 Å². The van der Waals surface area contributed by atoms with Gasteiger partial charge in [0.05, 0.1) is 36.8 Å². The topological polar surface area (TPSA) is 30.7 Å². The van der Waals surface area contributed by atoms with Gasteiger partial charge in [0, 0.05) is 16.4 Å². The molecule has 4 aromatic rings. The zero-order valence-electron chi connectivity index (χ0n) is 19.2. The molecule has 0 aliphatic heterocycles. The molecule has 0 spiro atoms. The molecule has 0 amide bonds. The summed E-state index contributed by atoms with van der Waals surface area (Å²) >= 11 is 15.0. The van der Waals surface area contributed by atoms with E-state index >= 15 is 0 Å². The molecule has 0 unspecified atom stereocenters. The molecule has 195 valence electrons. The standard InChI is InChI=1S/C24H16Cl2F6N3S2/c1-11(2)36-21-20(13-4-5-18(25)19(26)8-13)33-22(37-21)35-10-17(12(3)34-35)14-6-15(23(27,28)29)9-16(7-14)24(30,31)32/h4-9,11H,1-3H3. The molecule has 0 fully saturated rings. The third-order valence-electron chi connectivity index (χ3n) is 5.01. The van der Waals surface area contributed by atoms with Gasteiger partial charge >= 0.3 is 12.4 Å². The number of halogens is 8. The minimum Gasteiger partial charge on any atom is -0.217 e. The number of rotatable bonds is 5. The van der Waals surface area contributed by atoms with Crippen LogP contribution in [0, 0.1) is 13.1 Å². The summed E-state index contributed by atoms with van der Waals surface area (Å²) in [6.45, 7) is 5.47. The molecule has 0 aliphatic carbocycles. The number of aromatic nitrogens is 3. The first kappa shape index (κ1) is 27.8. The Morgan fingerprint density at radius 2 is 1.54 bits per heavy atom. The summed E-state index contributed by atoms with van der Waals surface area (Å²) in [7, 11) is 0. The molecule has 0 saturated carbocycles. The fourth-order valence-electron chi connectivity index (χ4n) is 3.38. The van der Waals surface area contributed by atoms with Gasteiger partial charge in [0.15, 0.2) is 0 Å². The van der Waals surface area contributed by atoms with Crippen molar-refractivity contribution in [2.75, 3.05) is 0 Å². The average Bonchev–Trinajstić information content (AvgIpc) is 3.37. The molecule has 0 aliphatic rings. The number of aryl methyl sites for hydroxylation is 1. The monoisotopic (exact) mass is 594 g/mol. The number of thiazole rings is 1. The summed E-state index contributed by atoms with van der Waals surface area (Å²) in [5, 5.41) is 5.53. The van der Waals surface area contributed by atoms with E-state index in [-0.39, 0.29) is 28.1 Å². The van der Waals surface area contributed by atoms with Crippen molar-refractivity contribution in [3.05, 3.63) is 69.5 Å². The highest BCUT2D eigenvalue weighted by molar-refractivity contribution is 8.01. The third-order valence-corrected chi connectivity index (χ3v) is 7.99. The van der Waals surface area contributed by atoms with E-state index in [2.05, 4.69) is 16.3 Å². The van der Waals surface area contributed by atoms with E-state index in [9.17, 15) is 26.3 Å². The van der Waals surface area contributed by atoms with Crippen molar-refractivity contribution in [2.45, 2.75) is 42.6 Å². The highest BCUT2D eigenvalue weighted by atomic mass is 35.5. The van der Waals surface area contributed by atoms with E-state index in [1.54, 1.807) is 18.2 Å². The second-order valence-corrected chi connectivity index (χ2v) is 11.8. The second kappa shape index (κ2) is 10.2. The Bertz CT molecular complexity index is 1430. The van der Waals surface area contributed by atoms with Crippen LogP contribution in [0.15, 0.2) is 40.6 Å². The van der Waals surface area contributed by atoms with Crippen LogP contribution in [0.5, 0.6) is 0 Å². The maximum Gasteiger partial charge on any atom is 0.416 e. The Kier molecular flexibility index (Phi) is 7.64. The number of hydrogen-bond acceptors (Lipinski definition) is 4. The summed E-state index contributed by atoms with van der Waals surface area (Å²) in [5.74, 6) is 0. The van der Waals surface area contributed by atoms with Crippen molar-refractivity contribution in [1.82, 2.24) is 14.8 Å². The van der Waals surface area contributed by atoms with Gasteiger partial charge in [-0.1, -0.05) is 54.5 Å². The maximum absolute atomic E-state index is 13.4. The van der Waals surface area contributed by atoms with Crippen LogP contribution >= 0.6 is 46.3 Å². The van der Waals surface area contributed by atoms with Gasteiger partial charge in [-0.05, 0) is 42.8 Å². The number of nitrogens with zero attached hydrogens (tertiary/aromatic N) is 3. The van der Waals surface area contributed by atoms with Crippen molar-refractivity contribution in [2.24, 2.45) is 0 Å². The first-order valence-electron chi connectivity index (χ1n) is 10.6. The van der Waals surface area contributed by atoms with E-state index < -0.39 is 23.5 Å². The highest BCUT2D eigenvalue weighted by Gasteiger charge is 2.37. The summed E-state index contributed by atoms with van der Waals surface area (Å²) in [6, 6.07) is 6.45. The van der Waals surface area contributed by atoms with E-state index in [0.29, 0.717) is 38.6 Å². The van der Waals surface area contributed by atoms with Crippen molar-refractivity contribution < 1.29 is 26.3 Å². The van der Waals surface area contributed by atoms with Crippen LogP contribution in [0.25, 0.3) is 27.5 Å². The predicted octanol–water partition coefficient (Wildman–Crippen LogP) is 9.62. The Labute approximate surface area is 226 Å². The second-order valence-electron chi connectivity index (χ2n) is 8.21. The summed E-state index contributed by atoms with van der Waals surface area (Å²) in [6.07, 6.45) is -7.13. The number of alkyl halides is 6. The van der Waals surface area contributed by atoms with Crippen LogP contribution in [0.4, 0.5) is 26.3 Å². The van der Waals surface area contributed by atoms with Crippen LogP contribution in [-0.2, 0) is 12.4 Å². The largest absolute Gasteiger partial charge is 0.416 e. The van der Waals surface area contributed by atoms with Crippen LogP contribution in [0.2, 0.25) is 10.0 Å². The Morgan fingerprint density at radius 3 is 2.08 bits per heavy atom. The molecule has 2 aromatic carbocycles. The van der Waals surface area contributed by atoms with E-state index in [1.807, 2.05) is 13.8 Å². The lowest BCUT2D eigenvalue weighted by atomic mass is 10.00. The van der Waals surface area contributed by atoms with Crippen molar-refractivity contribution >= 4 is 46.3 Å². The molecule has 0 atom stereocenters. The van der Waals surface area contributed by atoms with Gasteiger partial charge in [-0.2, -0.15) is 31.4 Å². The minimum atomic E-state index is -4.97. The molecule has 1 radical (unpaired) electrons. The molecule has 0 bridgehead atoms. The van der Waals surface area contributed by atoms with Crippen LogP contribution in [0.1, 0.15) is 30.7 Å². The van der Waals surface area contributed by atoms with Gasteiger partial charge in [-0.15, -0.1) is 11.8 Å². The zero-order valence-corrected chi connectivity index (χ0v) is 22.4. The lowest BCUT2D eigenvalue weighted by Crippen LogP contribution is -2.11. The molecule has 37 heavy (non-hydrogen) atoms. The number of benzene rings is 2. The third kappa shape index (κ3) is 6.10. The maximum atomic E-state index is 13.4. The number of thioether (sulfide) groups is 1. The smallest absolute Gasteiger partial charge is 0.217 e. The molecule has 0 N–H and O–H groups in total. The molecule has 2 aromatic heterocycles. The molecule has 4 rings (SSSR count). The van der Waals surface area contributed by atoms with Gasteiger partial charge in [0.1, 0.15) is 6.20 Å². The van der Waals surface area contributed by atoms with Crippen molar-refractivity contribution in [1.29, 1.82) is 0 Å². The SMILES string of the molecule is Cc1nn(-c2nc(-c3ccc(Cl)c(Cl)c3)c(SC(C)C)s2)[c]c1-c1cc(C(F)(F)F)cc(C(F)(F)F)c1. The average molecular weight is 595 g/mol. The molecular formula is C24H16Cl2F6N3S2. The van der Waals surface area contributed by atoms with Crippen molar-refractivity contribution in [3.8, 4) is 27.5 Å². The predicted molar refractivity (Wildman–Crippen MR) is 135 cm³/mol. The van der Waals surface area contributed by atoms with E-state index in [1.165, 1.54) is 34.7 Å². The summed E-state index contributed by atoms with van der Waals surface area (Å²) in [5.41, 5.74) is -1.65. The highest BCUT2D eigenvalue weighted by Crippen LogP contribution is 2.42. The summed E-state index contributed by atoms with van der Waals surface area (Å²) in [4.78, 5) is 4.64. The molecule has 3 nitrogen and oxygen atoms in total. The van der Waals surface area contributed by atoms with Gasteiger partial charge < -0.3 is 0 Å². The van der Waals surface area contributed by atoms with E-state index in [0.717, 1.165) is 4.21 Å². The fourth-order valence-corrected chi connectivity index (χ4v) is 6.11. The molecular weight excluding hydrogens is 579 g/mol. The lowest BCUT2D eigenvalue weighted by molar-refractivity contribution is -0.143. The van der Waals surface area contributed by atoms with Crippen molar-refractivity contribution in [3.63, 3.8) is 0 Å². The first-order valence-corrected chi connectivity index (χ1v) is 13.0. The fraction of sp³-hybridized carbons (Fsp3) is 0.250. The first-order chi connectivity index (χ1) is 17.1. The Hall–Kier alpha value is -2.21. The summed E-state index contributed by atoms with van der Waals surface area (Å²) < 4.78 is 82.2. The quantitative estimate of drug-likeness (QED) is 0.170.